The minimum atomic E-state index is -0.362. The lowest BCUT2D eigenvalue weighted by molar-refractivity contribution is 0.0538. The van der Waals surface area contributed by atoms with Crippen LogP contribution in [0.1, 0.15) is 24.2 Å². The summed E-state index contributed by atoms with van der Waals surface area (Å²) >= 11 is 6.26. The number of nitrogens with zero attached hydrogens (tertiary/aromatic N) is 1. The van der Waals surface area contributed by atoms with Crippen molar-refractivity contribution in [3.63, 3.8) is 0 Å². The van der Waals surface area contributed by atoms with E-state index < -0.39 is 0 Å². The van der Waals surface area contributed by atoms with Gasteiger partial charge in [0.15, 0.2) is 0 Å². The molecule has 1 heterocycles. The van der Waals surface area contributed by atoms with Crippen LogP contribution in [0.3, 0.4) is 0 Å². The summed E-state index contributed by atoms with van der Waals surface area (Å²) in [5.74, 6) is 0.258. The van der Waals surface area contributed by atoms with Crippen molar-refractivity contribution in [1.29, 1.82) is 0 Å². The number of nitrogens with one attached hydrogen (secondary N) is 3. The van der Waals surface area contributed by atoms with Crippen LogP contribution in [-0.2, 0) is 4.84 Å². The molecule has 6 nitrogen and oxygen atoms in total. The summed E-state index contributed by atoms with van der Waals surface area (Å²) in [7, 11) is 1.38. The van der Waals surface area contributed by atoms with Gasteiger partial charge in [0.05, 0.1) is 35.3 Å². The fraction of sp³-hybridized carbons (Fsp3) is 0.158. The van der Waals surface area contributed by atoms with Crippen LogP contribution < -0.4 is 16.1 Å². The van der Waals surface area contributed by atoms with Crippen LogP contribution in [0, 0.1) is 0 Å². The SMILES string of the molecule is C=C/C(C)=C(\C)Nc1cc(Nc2ccccc2C(=O)NOC)c(Cl)cn1. The summed E-state index contributed by atoms with van der Waals surface area (Å²) in [6.45, 7) is 7.64. The fourth-order valence-corrected chi connectivity index (χ4v) is 2.28. The molecule has 2 rings (SSSR count). The second kappa shape index (κ2) is 9.03. The molecule has 1 amide bonds. The Labute approximate surface area is 157 Å². The first kappa shape index (κ1) is 19.5. The van der Waals surface area contributed by atoms with Crippen molar-refractivity contribution in [2.45, 2.75) is 13.8 Å². The van der Waals surface area contributed by atoms with Crippen molar-refractivity contribution in [3.05, 3.63) is 71.0 Å². The molecule has 0 fully saturated rings. The van der Waals surface area contributed by atoms with Gasteiger partial charge >= 0.3 is 0 Å². The molecule has 7 heteroatoms. The number of hydroxylamine groups is 1. The number of amides is 1. The monoisotopic (exact) mass is 372 g/mol. The number of para-hydroxylation sites is 1. The number of halogens is 1. The maximum absolute atomic E-state index is 12.1. The van der Waals surface area contributed by atoms with Crippen molar-refractivity contribution < 1.29 is 9.63 Å². The van der Waals surface area contributed by atoms with Crippen molar-refractivity contribution in [3.8, 4) is 0 Å². The first-order chi connectivity index (χ1) is 12.5. The smallest absolute Gasteiger partial charge is 0.276 e. The zero-order valence-electron chi connectivity index (χ0n) is 14.9. The van der Waals surface area contributed by atoms with E-state index in [0.717, 1.165) is 11.3 Å². The molecule has 0 aliphatic carbocycles. The molecule has 1 aromatic heterocycles. The fourth-order valence-electron chi connectivity index (χ4n) is 2.13. The molecule has 1 aromatic carbocycles. The molecule has 0 unspecified atom stereocenters. The van der Waals surface area contributed by atoms with Gasteiger partial charge in [0.1, 0.15) is 5.82 Å². The zero-order chi connectivity index (χ0) is 19.1. The van der Waals surface area contributed by atoms with Crippen molar-refractivity contribution in [2.75, 3.05) is 17.7 Å². The van der Waals surface area contributed by atoms with E-state index in [4.69, 9.17) is 16.4 Å². The van der Waals surface area contributed by atoms with Crippen LogP contribution in [0.2, 0.25) is 5.02 Å². The largest absolute Gasteiger partial charge is 0.353 e. The number of carbonyl (C=O) groups is 1. The van der Waals surface area contributed by atoms with Gasteiger partial charge in [-0.15, -0.1) is 0 Å². The lowest BCUT2D eigenvalue weighted by atomic mass is 10.1. The summed E-state index contributed by atoms with van der Waals surface area (Å²) in [5, 5.41) is 6.81. The predicted molar refractivity (Wildman–Crippen MR) is 106 cm³/mol. The van der Waals surface area contributed by atoms with Gasteiger partial charge in [-0.1, -0.05) is 36.4 Å². The van der Waals surface area contributed by atoms with Gasteiger partial charge in [-0.25, -0.2) is 10.5 Å². The van der Waals surface area contributed by atoms with Gasteiger partial charge in [-0.05, 0) is 31.6 Å². The first-order valence-corrected chi connectivity index (χ1v) is 8.26. The Hall–Kier alpha value is -2.83. The average molecular weight is 373 g/mol. The molecule has 136 valence electrons. The first-order valence-electron chi connectivity index (χ1n) is 7.88. The number of hydrogen-bond donors (Lipinski definition) is 3. The molecule has 0 aliphatic heterocycles. The van der Waals surface area contributed by atoms with Crippen LogP contribution in [0.5, 0.6) is 0 Å². The Bertz CT molecular complexity index is 849. The topological polar surface area (TPSA) is 75.3 Å². The third-order valence-electron chi connectivity index (χ3n) is 3.70. The van der Waals surface area contributed by atoms with E-state index in [1.165, 1.54) is 7.11 Å². The quantitative estimate of drug-likeness (QED) is 0.486. The number of allylic oxidation sites excluding steroid dienone is 3. The molecule has 0 atom stereocenters. The Morgan fingerprint density at radius 3 is 2.69 bits per heavy atom. The van der Waals surface area contributed by atoms with Gasteiger partial charge in [0.25, 0.3) is 5.91 Å². The molecular formula is C19H21ClN4O2. The maximum atomic E-state index is 12.1. The van der Waals surface area contributed by atoms with Crippen LogP contribution in [0.4, 0.5) is 17.2 Å². The standard InChI is InChI=1S/C19H21ClN4O2/c1-5-12(2)13(3)22-18-10-17(15(20)11-21-18)23-16-9-7-6-8-14(16)19(25)24-26-4/h5-11H,1H2,2-4H3,(H,24,25)(H2,21,22,23)/b13-12+. The van der Waals surface area contributed by atoms with E-state index in [9.17, 15) is 4.79 Å². The van der Waals surface area contributed by atoms with E-state index in [1.54, 1.807) is 36.5 Å². The third-order valence-corrected chi connectivity index (χ3v) is 4.01. The highest BCUT2D eigenvalue weighted by Crippen LogP contribution is 2.29. The van der Waals surface area contributed by atoms with Gasteiger partial charge in [-0.2, -0.15) is 0 Å². The molecule has 0 spiro atoms. The summed E-state index contributed by atoms with van der Waals surface area (Å²) in [6, 6.07) is 8.82. The molecule has 0 saturated carbocycles. The van der Waals surface area contributed by atoms with Gasteiger partial charge in [0.2, 0.25) is 0 Å². The molecule has 2 aromatic rings. The van der Waals surface area contributed by atoms with E-state index in [-0.39, 0.29) is 5.91 Å². The minimum absolute atomic E-state index is 0.362. The number of rotatable bonds is 7. The zero-order valence-corrected chi connectivity index (χ0v) is 15.6. The molecule has 0 bridgehead atoms. The molecule has 0 radical (unpaired) electrons. The molecule has 3 N–H and O–H groups in total. The van der Waals surface area contributed by atoms with Crippen molar-refractivity contribution in [1.82, 2.24) is 10.5 Å². The highest BCUT2D eigenvalue weighted by Gasteiger charge is 2.12. The number of carbonyl (C=O) groups excluding carboxylic acids is 1. The van der Waals surface area contributed by atoms with Gasteiger partial charge in [-0.3, -0.25) is 9.63 Å². The van der Waals surface area contributed by atoms with Crippen molar-refractivity contribution in [2.24, 2.45) is 0 Å². The summed E-state index contributed by atoms with van der Waals surface area (Å²) in [4.78, 5) is 21.1. The van der Waals surface area contributed by atoms with E-state index in [2.05, 4.69) is 27.7 Å². The average Bonchev–Trinajstić information content (AvgIpc) is 2.64. The summed E-state index contributed by atoms with van der Waals surface area (Å²) in [5.41, 5.74) is 5.89. The maximum Gasteiger partial charge on any atom is 0.276 e. The second-order valence-electron chi connectivity index (χ2n) is 5.49. The highest BCUT2D eigenvalue weighted by atomic mass is 35.5. The van der Waals surface area contributed by atoms with Crippen LogP contribution in [-0.4, -0.2) is 18.0 Å². The lowest BCUT2D eigenvalue weighted by Gasteiger charge is -2.14. The molecule has 0 saturated heterocycles. The molecular weight excluding hydrogens is 352 g/mol. The van der Waals surface area contributed by atoms with Crippen molar-refractivity contribution >= 4 is 34.7 Å². The number of pyridine rings is 1. The van der Waals surface area contributed by atoms with Crippen LogP contribution >= 0.6 is 11.6 Å². The molecule has 0 aliphatic rings. The van der Waals surface area contributed by atoms with Gasteiger partial charge < -0.3 is 10.6 Å². The predicted octanol–water partition coefficient (Wildman–Crippen LogP) is 4.66. The Morgan fingerprint density at radius 2 is 2.00 bits per heavy atom. The van der Waals surface area contributed by atoms with Crippen LogP contribution in [0.15, 0.2) is 60.5 Å². The lowest BCUT2D eigenvalue weighted by Crippen LogP contribution is -2.22. The third kappa shape index (κ3) is 4.84. The Morgan fingerprint density at radius 1 is 1.27 bits per heavy atom. The number of benzene rings is 1. The molecule has 26 heavy (non-hydrogen) atoms. The summed E-state index contributed by atoms with van der Waals surface area (Å²) in [6.07, 6.45) is 3.31. The van der Waals surface area contributed by atoms with E-state index in [1.807, 2.05) is 19.9 Å². The Kier molecular flexibility index (Phi) is 6.77. The van der Waals surface area contributed by atoms with Crippen LogP contribution in [0.25, 0.3) is 0 Å². The van der Waals surface area contributed by atoms with Gasteiger partial charge in [0, 0.05) is 11.8 Å². The minimum Gasteiger partial charge on any atom is -0.353 e. The number of aromatic nitrogens is 1. The normalized spacial score (nSPS) is 11.4. The highest BCUT2D eigenvalue weighted by molar-refractivity contribution is 6.33. The van der Waals surface area contributed by atoms with E-state index in [0.29, 0.717) is 27.8 Å². The number of anilines is 3. The Balaban J connectivity index is 2.32. The second-order valence-corrected chi connectivity index (χ2v) is 5.90. The number of hydrogen-bond acceptors (Lipinski definition) is 5. The summed E-state index contributed by atoms with van der Waals surface area (Å²) < 4.78 is 0. The van der Waals surface area contributed by atoms with E-state index >= 15 is 0 Å².